The number of carbonyl (C=O) groups excluding carboxylic acids is 1. The van der Waals surface area contributed by atoms with Gasteiger partial charge < -0.3 is 5.32 Å². The second-order valence-corrected chi connectivity index (χ2v) is 6.70. The third kappa shape index (κ3) is 1.56. The highest BCUT2D eigenvalue weighted by atomic mass is 16.1. The topological polar surface area (TPSA) is 29.1 Å². The average molecular weight is 255 g/mol. The molecule has 1 heterocycles. The SMILES string of the molecule is CC1=CC2CC3=C(C=CC(=O)C3)[C@]3(C1)NCCC[C@@H]23. The summed E-state index contributed by atoms with van der Waals surface area (Å²) < 4.78 is 0. The minimum atomic E-state index is 0.145. The molecule has 2 bridgehead atoms. The number of nitrogens with one attached hydrogen (secondary N) is 1. The van der Waals surface area contributed by atoms with Crippen molar-refractivity contribution in [1.82, 2.24) is 5.32 Å². The van der Waals surface area contributed by atoms with E-state index in [1.165, 1.54) is 29.6 Å². The number of allylic oxidation sites excluding steroid dienone is 3. The maximum atomic E-state index is 11.7. The van der Waals surface area contributed by atoms with Crippen LogP contribution in [0.5, 0.6) is 0 Å². The quantitative estimate of drug-likeness (QED) is 0.674. The van der Waals surface area contributed by atoms with Crippen molar-refractivity contribution in [1.29, 1.82) is 0 Å². The minimum Gasteiger partial charge on any atom is -0.307 e. The first-order valence-corrected chi connectivity index (χ1v) is 7.55. The van der Waals surface area contributed by atoms with E-state index in [9.17, 15) is 4.79 Å². The third-order valence-corrected chi connectivity index (χ3v) is 5.51. The van der Waals surface area contributed by atoms with E-state index in [0.717, 1.165) is 25.3 Å². The Morgan fingerprint density at radius 2 is 2.26 bits per heavy atom. The molecule has 1 unspecified atom stereocenters. The Hall–Kier alpha value is -1.15. The lowest BCUT2D eigenvalue weighted by Gasteiger charge is -2.56. The molecule has 1 N–H and O–H groups in total. The van der Waals surface area contributed by atoms with Crippen molar-refractivity contribution in [2.45, 2.75) is 44.6 Å². The number of carbonyl (C=O) groups is 1. The first kappa shape index (κ1) is 11.7. The fraction of sp³-hybridized carbons (Fsp3) is 0.588. The number of ketones is 1. The lowest BCUT2D eigenvalue weighted by Crippen LogP contribution is -2.61. The number of rotatable bonds is 0. The molecule has 2 heteroatoms. The molecule has 2 nitrogen and oxygen atoms in total. The van der Waals surface area contributed by atoms with Crippen molar-refractivity contribution in [3.8, 4) is 0 Å². The molecule has 0 radical (unpaired) electrons. The van der Waals surface area contributed by atoms with Crippen molar-refractivity contribution < 1.29 is 4.79 Å². The maximum absolute atomic E-state index is 11.7. The van der Waals surface area contributed by atoms with Gasteiger partial charge in [-0.2, -0.15) is 0 Å². The van der Waals surface area contributed by atoms with E-state index in [1.807, 2.05) is 0 Å². The summed E-state index contributed by atoms with van der Waals surface area (Å²) in [4.78, 5) is 11.7. The molecule has 3 aliphatic carbocycles. The van der Waals surface area contributed by atoms with Crippen molar-refractivity contribution in [2.24, 2.45) is 11.8 Å². The van der Waals surface area contributed by atoms with Crippen molar-refractivity contribution in [2.75, 3.05) is 6.54 Å². The molecule has 1 aliphatic heterocycles. The molecule has 100 valence electrons. The number of piperidine rings is 1. The van der Waals surface area contributed by atoms with Gasteiger partial charge in [-0.1, -0.05) is 23.3 Å². The smallest absolute Gasteiger partial charge is 0.159 e. The van der Waals surface area contributed by atoms with Crippen LogP contribution in [0.25, 0.3) is 0 Å². The fourth-order valence-corrected chi connectivity index (χ4v) is 4.95. The van der Waals surface area contributed by atoms with Gasteiger partial charge in [-0.05, 0) is 62.6 Å². The molecule has 0 aromatic rings. The van der Waals surface area contributed by atoms with Crippen LogP contribution in [0, 0.1) is 11.8 Å². The molecule has 0 amide bonds. The molecule has 1 fully saturated rings. The lowest BCUT2D eigenvalue weighted by atomic mass is 9.55. The van der Waals surface area contributed by atoms with Crippen molar-refractivity contribution in [3.63, 3.8) is 0 Å². The highest BCUT2D eigenvalue weighted by molar-refractivity contribution is 5.94. The van der Waals surface area contributed by atoms with Gasteiger partial charge >= 0.3 is 0 Å². The van der Waals surface area contributed by atoms with Gasteiger partial charge in [-0.15, -0.1) is 0 Å². The van der Waals surface area contributed by atoms with Gasteiger partial charge in [0.25, 0.3) is 0 Å². The van der Waals surface area contributed by atoms with E-state index in [4.69, 9.17) is 0 Å². The summed E-state index contributed by atoms with van der Waals surface area (Å²) in [6, 6.07) is 0. The zero-order valence-corrected chi connectivity index (χ0v) is 11.5. The predicted molar refractivity (Wildman–Crippen MR) is 75.7 cm³/mol. The van der Waals surface area contributed by atoms with Gasteiger partial charge in [0.2, 0.25) is 0 Å². The zero-order valence-electron chi connectivity index (χ0n) is 11.5. The summed E-state index contributed by atoms with van der Waals surface area (Å²) in [5, 5.41) is 3.85. The average Bonchev–Trinajstić information content (AvgIpc) is 2.37. The number of hydrogen-bond acceptors (Lipinski definition) is 2. The molecule has 4 aliphatic rings. The van der Waals surface area contributed by atoms with Crippen LogP contribution in [0.3, 0.4) is 0 Å². The lowest BCUT2D eigenvalue weighted by molar-refractivity contribution is -0.114. The molecule has 19 heavy (non-hydrogen) atoms. The standard InChI is InChI=1S/C17H21NO/c1-11-7-12-8-13-9-14(19)4-5-16(13)17(10-11)15(12)3-2-6-18-17/h4-5,7,12,15,18H,2-3,6,8-10H2,1H3/t12?,15-,17+/m0/s1. The van der Waals surface area contributed by atoms with Gasteiger partial charge in [0.15, 0.2) is 5.78 Å². The molecule has 0 aromatic heterocycles. The van der Waals surface area contributed by atoms with Crippen LogP contribution in [0.1, 0.15) is 39.0 Å². The van der Waals surface area contributed by atoms with Gasteiger partial charge in [0.1, 0.15) is 0 Å². The summed E-state index contributed by atoms with van der Waals surface area (Å²) in [6.07, 6.45) is 11.9. The molecule has 0 saturated carbocycles. The van der Waals surface area contributed by atoms with Crippen LogP contribution in [0.4, 0.5) is 0 Å². The van der Waals surface area contributed by atoms with Gasteiger partial charge in [0, 0.05) is 6.42 Å². The zero-order chi connectivity index (χ0) is 13.0. The molecule has 3 atom stereocenters. The second-order valence-electron chi connectivity index (χ2n) is 6.70. The summed E-state index contributed by atoms with van der Waals surface area (Å²) in [5.74, 6) is 1.67. The molecular weight excluding hydrogens is 234 g/mol. The van der Waals surface area contributed by atoms with Crippen molar-refractivity contribution in [3.05, 3.63) is 34.9 Å². The van der Waals surface area contributed by atoms with E-state index in [2.05, 4.69) is 24.4 Å². The Bertz CT molecular complexity index is 539. The van der Waals surface area contributed by atoms with E-state index >= 15 is 0 Å². The largest absolute Gasteiger partial charge is 0.307 e. The summed E-state index contributed by atoms with van der Waals surface area (Å²) in [6.45, 7) is 3.39. The normalized spacial score (nSPS) is 40.7. The van der Waals surface area contributed by atoms with Gasteiger partial charge in [-0.3, -0.25) is 4.79 Å². The molecule has 0 aromatic carbocycles. The Morgan fingerprint density at radius 1 is 1.37 bits per heavy atom. The first-order chi connectivity index (χ1) is 9.19. The van der Waals surface area contributed by atoms with E-state index in [1.54, 1.807) is 6.08 Å². The monoisotopic (exact) mass is 255 g/mol. The number of hydrogen-bond donors (Lipinski definition) is 1. The Balaban J connectivity index is 1.87. The Labute approximate surface area is 114 Å². The first-order valence-electron chi connectivity index (χ1n) is 7.55. The van der Waals surface area contributed by atoms with E-state index in [0.29, 0.717) is 12.3 Å². The molecule has 4 rings (SSSR count). The maximum Gasteiger partial charge on any atom is 0.159 e. The Morgan fingerprint density at radius 3 is 3.16 bits per heavy atom. The van der Waals surface area contributed by atoms with E-state index in [-0.39, 0.29) is 11.3 Å². The van der Waals surface area contributed by atoms with Crippen LogP contribution < -0.4 is 5.32 Å². The molecule has 1 saturated heterocycles. The van der Waals surface area contributed by atoms with Gasteiger partial charge in [0.05, 0.1) is 5.54 Å². The summed E-state index contributed by atoms with van der Waals surface area (Å²) in [7, 11) is 0. The predicted octanol–water partition coefficient (Wildman–Crippen LogP) is 2.92. The fourth-order valence-electron chi connectivity index (χ4n) is 4.95. The molecular formula is C17H21NO. The van der Waals surface area contributed by atoms with Crippen LogP contribution in [-0.2, 0) is 4.79 Å². The van der Waals surface area contributed by atoms with Crippen LogP contribution in [0.15, 0.2) is 34.9 Å². The van der Waals surface area contributed by atoms with Crippen LogP contribution in [-0.4, -0.2) is 17.9 Å². The Kier molecular flexibility index (Phi) is 2.41. The molecule has 0 spiro atoms. The summed E-state index contributed by atoms with van der Waals surface area (Å²) in [5.41, 5.74) is 4.53. The second kappa shape index (κ2) is 3.92. The highest BCUT2D eigenvalue weighted by Gasteiger charge is 2.52. The van der Waals surface area contributed by atoms with E-state index < -0.39 is 0 Å². The van der Waals surface area contributed by atoms with Gasteiger partial charge in [-0.25, -0.2) is 0 Å². The van der Waals surface area contributed by atoms with Crippen molar-refractivity contribution >= 4 is 5.78 Å². The highest BCUT2D eigenvalue weighted by Crippen LogP contribution is 2.53. The van der Waals surface area contributed by atoms with Crippen LogP contribution >= 0.6 is 0 Å². The summed E-state index contributed by atoms with van der Waals surface area (Å²) >= 11 is 0. The minimum absolute atomic E-state index is 0.145. The van der Waals surface area contributed by atoms with Crippen LogP contribution in [0.2, 0.25) is 0 Å². The third-order valence-electron chi connectivity index (χ3n) is 5.51.